The van der Waals surface area contributed by atoms with Crippen molar-refractivity contribution in [3.05, 3.63) is 34.9 Å². The lowest BCUT2D eigenvalue weighted by Gasteiger charge is -2.08. The first kappa shape index (κ1) is 16.2. The molecule has 0 bridgehead atoms. The van der Waals surface area contributed by atoms with Gasteiger partial charge in [0.25, 0.3) is 5.91 Å². The first-order valence-electron chi connectivity index (χ1n) is 6.75. The van der Waals surface area contributed by atoms with Gasteiger partial charge >= 0.3 is 0 Å². The van der Waals surface area contributed by atoms with Crippen LogP contribution in [0.2, 0.25) is 0 Å². The van der Waals surface area contributed by atoms with Crippen LogP contribution in [0.15, 0.2) is 18.2 Å². The Balaban J connectivity index is 2.78. The maximum Gasteiger partial charge on any atom is 0.252 e. The van der Waals surface area contributed by atoms with Crippen molar-refractivity contribution < 1.29 is 14.6 Å². The molecule has 0 heterocycles. The van der Waals surface area contributed by atoms with Gasteiger partial charge in [-0.1, -0.05) is 23.5 Å². The zero-order valence-electron chi connectivity index (χ0n) is 12.0. The van der Waals surface area contributed by atoms with Gasteiger partial charge in [-0.05, 0) is 26.0 Å². The van der Waals surface area contributed by atoms with E-state index < -0.39 is 0 Å². The average Bonchev–Trinajstić information content (AvgIpc) is 2.45. The van der Waals surface area contributed by atoms with E-state index in [0.29, 0.717) is 37.3 Å². The fourth-order valence-electron chi connectivity index (χ4n) is 1.64. The molecule has 0 saturated heterocycles. The van der Waals surface area contributed by atoms with Crippen molar-refractivity contribution >= 4 is 5.91 Å². The molecule has 1 rings (SSSR count). The summed E-state index contributed by atoms with van der Waals surface area (Å²) in [7, 11) is 0. The van der Waals surface area contributed by atoms with Gasteiger partial charge in [-0.25, -0.2) is 0 Å². The highest BCUT2D eigenvalue weighted by Gasteiger charge is 2.09. The summed E-state index contributed by atoms with van der Waals surface area (Å²) in [5, 5.41) is 11.5. The van der Waals surface area contributed by atoms with Crippen LogP contribution in [0.1, 0.15) is 34.8 Å². The monoisotopic (exact) mass is 275 g/mol. The molecule has 0 saturated carbocycles. The molecule has 1 aromatic rings. The van der Waals surface area contributed by atoms with Crippen molar-refractivity contribution in [3.63, 3.8) is 0 Å². The van der Waals surface area contributed by atoms with E-state index in [0.717, 1.165) is 5.56 Å². The number of nitrogens with one attached hydrogen (secondary N) is 1. The molecule has 0 atom stereocenters. The van der Waals surface area contributed by atoms with Gasteiger partial charge in [-0.3, -0.25) is 4.79 Å². The first-order valence-corrected chi connectivity index (χ1v) is 6.75. The lowest BCUT2D eigenvalue weighted by molar-refractivity contribution is 0.0922. The summed E-state index contributed by atoms with van der Waals surface area (Å²) in [6, 6.07) is 5.57. The first-order chi connectivity index (χ1) is 9.69. The molecular formula is C16H21NO3. The largest absolute Gasteiger partial charge is 0.395 e. The molecule has 108 valence electrons. The molecule has 1 aromatic carbocycles. The van der Waals surface area contributed by atoms with E-state index in [1.807, 2.05) is 32.0 Å². The molecule has 1 amide bonds. The zero-order valence-corrected chi connectivity index (χ0v) is 12.0. The molecule has 0 fully saturated rings. The van der Waals surface area contributed by atoms with Gasteiger partial charge in [0.1, 0.15) is 0 Å². The molecule has 2 N–H and O–H groups in total. The minimum absolute atomic E-state index is 0.0226. The van der Waals surface area contributed by atoms with Crippen LogP contribution in [0.5, 0.6) is 0 Å². The molecule has 0 aliphatic heterocycles. The molecule has 0 aliphatic rings. The molecule has 0 radical (unpaired) electrons. The number of aryl methyl sites for hydroxylation is 1. The van der Waals surface area contributed by atoms with E-state index in [9.17, 15) is 4.79 Å². The van der Waals surface area contributed by atoms with E-state index in [-0.39, 0.29) is 12.5 Å². The van der Waals surface area contributed by atoms with E-state index in [1.165, 1.54) is 0 Å². The predicted molar refractivity (Wildman–Crippen MR) is 78.6 cm³/mol. The minimum atomic E-state index is -0.151. The number of hydrogen-bond acceptors (Lipinski definition) is 3. The Hall–Kier alpha value is -1.83. The Morgan fingerprint density at radius 2 is 2.25 bits per heavy atom. The molecule has 0 aromatic heterocycles. The summed E-state index contributed by atoms with van der Waals surface area (Å²) in [6.45, 7) is 5.48. The highest BCUT2D eigenvalue weighted by molar-refractivity contribution is 5.96. The highest BCUT2D eigenvalue weighted by atomic mass is 16.5. The number of carbonyl (C=O) groups excluding carboxylic acids is 1. The Bertz CT molecular complexity index is 500. The maximum absolute atomic E-state index is 12.1. The van der Waals surface area contributed by atoms with Crippen LogP contribution >= 0.6 is 0 Å². The second-order valence-corrected chi connectivity index (χ2v) is 4.28. The fourth-order valence-corrected chi connectivity index (χ4v) is 1.64. The lowest BCUT2D eigenvalue weighted by Crippen LogP contribution is -2.28. The van der Waals surface area contributed by atoms with Gasteiger partial charge in [-0.15, -0.1) is 0 Å². The standard InChI is InChI=1S/C16H21NO3/c1-3-20-11-9-17-16(19)15-12-13(2)7-8-14(15)6-4-5-10-18/h7-8,12,18H,3,5,9-11H2,1-2H3,(H,17,19). The van der Waals surface area contributed by atoms with Crippen molar-refractivity contribution in [2.24, 2.45) is 0 Å². The SMILES string of the molecule is CCOCCNC(=O)c1cc(C)ccc1C#CCCO. The topological polar surface area (TPSA) is 58.6 Å². The van der Waals surface area contributed by atoms with Crippen LogP contribution < -0.4 is 5.32 Å². The second kappa shape index (κ2) is 9.13. The molecular weight excluding hydrogens is 254 g/mol. The van der Waals surface area contributed by atoms with Gasteiger partial charge < -0.3 is 15.2 Å². The third-order valence-corrected chi connectivity index (χ3v) is 2.62. The van der Waals surface area contributed by atoms with E-state index in [4.69, 9.17) is 9.84 Å². The summed E-state index contributed by atoms with van der Waals surface area (Å²) >= 11 is 0. The Morgan fingerprint density at radius 1 is 1.45 bits per heavy atom. The van der Waals surface area contributed by atoms with Gasteiger partial charge in [0.15, 0.2) is 0 Å². The number of hydrogen-bond donors (Lipinski definition) is 2. The average molecular weight is 275 g/mol. The molecule has 0 aliphatic carbocycles. The van der Waals surface area contributed by atoms with Crippen molar-refractivity contribution in [1.29, 1.82) is 0 Å². The molecule has 4 nitrogen and oxygen atoms in total. The zero-order chi connectivity index (χ0) is 14.8. The van der Waals surface area contributed by atoms with E-state index in [1.54, 1.807) is 0 Å². The Morgan fingerprint density at radius 3 is 2.95 bits per heavy atom. The molecule has 0 unspecified atom stereocenters. The molecule has 4 heteroatoms. The van der Waals surface area contributed by atoms with Crippen LogP contribution in [0.4, 0.5) is 0 Å². The second-order valence-electron chi connectivity index (χ2n) is 4.28. The van der Waals surface area contributed by atoms with Crippen molar-refractivity contribution in [3.8, 4) is 11.8 Å². The van der Waals surface area contributed by atoms with E-state index in [2.05, 4.69) is 17.2 Å². The predicted octanol–water partition coefficient (Wildman–Crippen LogP) is 1.50. The van der Waals surface area contributed by atoms with Crippen LogP contribution in [0.25, 0.3) is 0 Å². The fraction of sp³-hybridized carbons (Fsp3) is 0.438. The van der Waals surface area contributed by atoms with Gasteiger partial charge in [0, 0.05) is 25.1 Å². The van der Waals surface area contributed by atoms with Gasteiger partial charge in [0.05, 0.1) is 18.8 Å². The summed E-state index contributed by atoms with van der Waals surface area (Å²) < 4.78 is 5.18. The number of ether oxygens (including phenoxy) is 1. The quantitative estimate of drug-likeness (QED) is 0.611. The number of carbonyl (C=O) groups is 1. The van der Waals surface area contributed by atoms with Crippen LogP contribution in [-0.2, 0) is 4.74 Å². The number of rotatable bonds is 6. The smallest absolute Gasteiger partial charge is 0.252 e. The number of aliphatic hydroxyl groups is 1. The lowest BCUT2D eigenvalue weighted by atomic mass is 10.0. The summed E-state index contributed by atoms with van der Waals surface area (Å²) in [4.78, 5) is 12.1. The number of aliphatic hydroxyl groups excluding tert-OH is 1. The van der Waals surface area contributed by atoms with Crippen LogP contribution in [0, 0.1) is 18.8 Å². The van der Waals surface area contributed by atoms with E-state index >= 15 is 0 Å². The molecule has 0 spiro atoms. The van der Waals surface area contributed by atoms with Crippen LogP contribution in [-0.4, -0.2) is 37.4 Å². The van der Waals surface area contributed by atoms with Crippen molar-refractivity contribution in [1.82, 2.24) is 5.32 Å². The van der Waals surface area contributed by atoms with Gasteiger partial charge in [-0.2, -0.15) is 0 Å². The third-order valence-electron chi connectivity index (χ3n) is 2.62. The minimum Gasteiger partial charge on any atom is -0.395 e. The summed E-state index contributed by atoms with van der Waals surface area (Å²) in [6.07, 6.45) is 0.402. The van der Waals surface area contributed by atoms with Crippen LogP contribution in [0.3, 0.4) is 0 Å². The highest BCUT2D eigenvalue weighted by Crippen LogP contribution is 2.11. The summed E-state index contributed by atoms with van der Waals surface area (Å²) in [5.74, 6) is 5.61. The van der Waals surface area contributed by atoms with Crippen molar-refractivity contribution in [2.45, 2.75) is 20.3 Å². The third kappa shape index (κ3) is 5.43. The van der Waals surface area contributed by atoms with Gasteiger partial charge in [0.2, 0.25) is 0 Å². The normalized spacial score (nSPS) is 9.75. The molecule has 20 heavy (non-hydrogen) atoms. The number of amides is 1. The maximum atomic E-state index is 12.1. The Kier molecular flexibility index (Phi) is 7.41. The Labute approximate surface area is 120 Å². The summed E-state index contributed by atoms with van der Waals surface area (Å²) in [5.41, 5.74) is 2.25. The number of benzene rings is 1. The van der Waals surface area contributed by atoms with Crippen molar-refractivity contribution in [2.75, 3.05) is 26.4 Å².